The molecule has 5 rings (SSSR count). The molecule has 10 heteroatoms. The minimum atomic E-state index is -0.422. The van der Waals surface area contributed by atoms with E-state index in [2.05, 4.69) is 16.4 Å². The number of piperidine rings is 1. The van der Waals surface area contributed by atoms with Crippen molar-refractivity contribution in [2.24, 2.45) is 0 Å². The number of likely N-dealkylation sites (tertiary alicyclic amines) is 1. The number of nitrogens with zero attached hydrogens (tertiary/aromatic N) is 2. The van der Waals surface area contributed by atoms with Crippen LogP contribution in [-0.2, 0) is 21.6 Å². The summed E-state index contributed by atoms with van der Waals surface area (Å²) in [5.74, 6) is 0.625. The number of aliphatic hydroxyl groups excluding tert-OH is 1. The van der Waals surface area contributed by atoms with Crippen molar-refractivity contribution in [2.75, 3.05) is 32.0 Å². The molecule has 2 saturated heterocycles. The van der Waals surface area contributed by atoms with Crippen molar-refractivity contribution >= 4 is 47.9 Å². The highest BCUT2D eigenvalue weighted by molar-refractivity contribution is 7.15. The molecule has 7 nitrogen and oxygen atoms in total. The Hall–Kier alpha value is -1.42. The van der Waals surface area contributed by atoms with E-state index in [1.54, 1.807) is 17.4 Å². The summed E-state index contributed by atoms with van der Waals surface area (Å²) in [5, 5.41) is 12.8. The number of halogens is 2. The van der Waals surface area contributed by atoms with E-state index in [0.29, 0.717) is 38.5 Å². The highest BCUT2D eigenvalue weighted by atomic mass is 35.5. The number of anilines is 1. The molecule has 0 aromatic carbocycles. The zero-order valence-electron chi connectivity index (χ0n) is 17.1. The predicted molar refractivity (Wildman–Crippen MR) is 126 cm³/mol. The molecule has 3 aliphatic heterocycles. The Morgan fingerprint density at radius 1 is 1.32 bits per heavy atom. The third kappa shape index (κ3) is 4.55. The number of fused-ring (bicyclic) bond motifs is 2. The first-order valence-electron chi connectivity index (χ1n) is 10.2. The smallest absolute Gasteiger partial charge is 0.239 e. The lowest BCUT2D eigenvalue weighted by Crippen LogP contribution is -2.51. The number of ether oxygens (including phenoxy) is 1. The van der Waals surface area contributed by atoms with Crippen molar-refractivity contribution in [1.29, 1.82) is 0 Å². The summed E-state index contributed by atoms with van der Waals surface area (Å²) in [6.07, 6.45) is 2.58. The molecule has 0 saturated carbocycles. The molecule has 4 N–H and O–H groups in total. The van der Waals surface area contributed by atoms with Gasteiger partial charge in [-0.05, 0) is 43.0 Å². The van der Waals surface area contributed by atoms with Gasteiger partial charge in [-0.1, -0.05) is 6.07 Å². The fourth-order valence-electron chi connectivity index (χ4n) is 4.76. The summed E-state index contributed by atoms with van der Waals surface area (Å²) in [7, 11) is 0. The van der Waals surface area contributed by atoms with Crippen molar-refractivity contribution < 1.29 is 14.6 Å². The second-order valence-corrected chi connectivity index (χ2v) is 9.30. The molecule has 2 atom stereocenters. The van der Waals surface area contributed by atoms with Gasteiger partial charge in [-0.3, -0.25) is 4.79 Å². The second kappa shape index (κ2) is 9.60. The normalized spacial score (nSPS) is 24.2. The van der Waals surface area contributed by atoms with Gasteiger partial charge in [0.2, 0.25) is 5.91 Å². The molecule has 0 aliphatic carbocycles. The third-order valence-corrected chi connectivity index (χ3v) is 7.54. The number of thiophene rings is 1. The molecule has 2 fully saturated rings. The monoisotopic (exact) mass is 486 g/mol. The van der Waals surface area contributed by atoms with Gasteiger partial charge in [-0.2, -0.15) is 0 Å². The van der Waals surface area contributed by atoms with E-state index in [-0.39, 0.29) is 42.4 Å². The molecule has 1 amide bonds. The van der Waals surface area contributed by atoms with Crippen LogP contribution in [-0.4, -0.2) is 59.3 Å². The van der Waals surface area contributed by atoms with E-state index in [1.165, 1.54) is 10.4 Å². The van der Waals surface area contributed by atoms with Crippen molar-refractivity contribution in [2.45, 2.75) is 43.4 Å². The Kier molecular flexibility index (Phi) is 7.50. The minimum absolute atomic E-state index is 0. The highest BCUT2D eigenvalue weighted by Crippen LogP contribution is 2.46. The van der Waals surface area contributed by atoms with Gasteiger partial charge in [-0.25, -0.2) is 4.98 Å². The molecule has 5 heterocycles. The molecule has 31 heavy (non-hydrogen) atoms. The SMILES string of the molecule is Cl.Cl.Nc1cccc(-c2cc3c(s2)CCOC32CCN(C(=O)[C@@H]3C[C@@H](O)CN3)CC2)n1. The Labute approximate surface area is 198 Å². The summed E-state index contributed by atoms with van der Waals surface area (Å²) in [5.41, 5.74) is 7.71. The average Bonchev–Trinajstić information content (AvgIpc) is 3.36. The molecule has 170 valence electrons. The van der Waals surface area contributed by atoms with E-state index in [0.717, 1.165) is 29.8 Å². The summed E-state index contributed by atoms with van der Waals surface area (Å²) >= 11 is 1.78. The first-order valence-corrected chi connectivity index (χ1v) is 11.1. The number of nitrogens with one attached hydrogen (secondary N) is 1. The van der Waals surface area contributed by atoms with Gasteiger partial charge in [0, 0.05) is 30.9 Å². The van der Waals surface area contributed by atoms with Crippen LogP contribution in [0.1, 0.15) is 29.7 Å². The Morgan fingerprint density at radius 3 is 2.77 bits per heavy atom. The predicted octanol–water partition coefficient (Wildman–Crippen LogP) is 2.35. The zero-order valence-corrected chi connectivity index (χ0v) is 19.5. The topological polar surface area (TPSA) is 101 Å². The van der Waals surface area contributed by atoms with Crippen LogP contribution in [0.4, 0.5) is 5.82 Å². The van der Waals surface area contributed by atoms with Gasteiger partial charge in [-0.15, -0.1) is 36.2 Å². The molecule has 0 unspecified atom stereocenters. The lowest BCUT2D eigenvalue weighted by molar-refractivity contribution is -0.142. The van der Waals surface area contributed by atoms with Crippen LogP contribution in [0, 0.1) is 0 Å². The standard InChI is InChI=1S/C21H26N4O3S.2ClH/c22-19-3-1-2-15(24-19)18-11-14-17(29-18)4-9-28-21(14)5-7-25(8-6-21)20(27)16-10-13(26)12-23-16;;/h1-3,11,13,16,23,26H,4-10,12H2,(H2,22,24);2*1H/t13-,16+;;/m1../s1. The van der Waals surface area contributed by atoms with Crippen molar-refractivity contribution in [1.82, 2.24) is 15.2 Å². The fraction of sp³-hybridized carbons (Fsp3) is 0.524. The minimum Gasteiger partial charge on any atom is -0.392 e. The quantitative estimate of drug-likeness (QED) is 0.602. The lowest BCUT2D eigenvalue weighted by atomic mass is 9.82. The average molecular weight is 487 g/mol. The van der Waals surface area contributed by atoms with Gasteiger partial charge in [0.25, 0.3) is 0 Å². The van der Waals surface area contributed by atoms with Crippen LogP contribution in [0.15, 0.2) is 24.3 Å². The lowest BCUT2D eigenvalue weighted by Gasteiger charge is -2.44. The number of nitrogen functional groups attached to an aromatic ring is 1. The van der Waals surface area contributed by atoms with Crippen LogP contribution >= 0.6 is 36.2 Å². The van der Waals surface area contributed by atoms with Crippen molar-refractivity contribution in [3.63, 3.8) is 0 Å². The molecular formula is C21H28Cl2N4O3S. The molecule has 1 spiro atoms. The van der Waals surface area contributed by atoms with Gasteiger partial charge in [0.1, 0.15) is 5.82 Å². The maximum absolute atomic E-state index is 12.8. The molecule has 0 radical (unpaired) electrons. The summed E-state index contributed by atoms with van der Waals surface area (Å²) in [6, 6.07) is 7.68. The summed E-state index contributed by atoms with van der Waals surface area (Å²) in [6.45, 7) is 2.56. The molecule has 2 aromatic heterocycles. The number of rotatable bonds is 2. The van der Waals surface area contributed by atoms with Crippen LogP contribution in [0.2, 0.25) is 0 Å². The van der Waals surface area contributed by atoms with E-state index in [4.69, 9.17) is 10.5 Å². The van der Waals surface area contributed by atoms with Crippen molar-refractivity contribution in [3.05, 3.63) is 34.7 Å². The van der Waals surface area contributed by atoms with E-state index in [1.807, 2.05) is 17.0 Å². The number of hydrogen-bond acceptors (Lipinski definition) is 7. The zero-order chi connectivity index (χ0) is 20.0. The Balaban J connectivity index is 0.00000136. The largest absolute Gasteiger partial charge is 0.392 e. The van der Waals surface area contributed by atoms with Gasteiger partial charge in [0.15, 0.2) is 0 Å². The number of β-amino-alcohol motifs (C(OH)–C–C–N with tert-alkyl or cyclic N) is 1. The van der Waals surface area contributed by atoms with Gasteiger partial charge in [0.05, 0.1) is 34.9 Å². The number of aliphatic hydroxyl groups is 1. The van der Waals surface area contributed by atoms with E-state index in [9.17, 15) is 9.90 Å². The maximum Gasteiger partial charge on any atom is 0.239 e. The number of nitrogens with two attached hydrogens (primary N) is 1. The first-order chi connectivity index (χ1) is 14.0. The fourth-order valence-corrected chi connectivity index (χ4v) is 5.96. The summed E-state index contributed by atoms with van der Waals surface area (Å²) < 4.78 is 6.34. The summed E-state index contributed by atoms with van der Waals surface area (Å²) in [4.78, 5) is 21.6. The van der Waals surface area contributed by atoms with E-state index >= 15 is 0 Å². The highest BCUT2D eigenvalue weighted by Gasteiger charge is 2.44. The number of amides is 1. The number of carbonyl (C=O) groups excluding carboxylic acids is 1. The van der Waals surface area contributed by atoms with Crippen LogP contribution in [0.3, 0.4) is 0 Å². The first kappa shape index (κ1) is 24.2. The molecule has 3 aliphatic rings. The maximum atomic E-state index is 12.8. The van der Waals surface area contributed by atoms with E-state index < -0.39 is 6.10 Å². The number of hydrogen-bond donors (Lipinski definition) is 3. The Morgan fingerprint density at radius 2 is 2.10 bits per heavy atom. The second-order valence-electron chi connectivity index (χ2n) is 8.16. The van der Waals surface area contributed by atoms with Gasteiger partial charge < -0.3 is 25.8 Å². The third-order valence-electron chi connectivity index (χ3n) is 6.32. The van der Waals surface area contributed by atoms with Crippen LogP contribution < -0.4 is 11.1 Å². The molecular weight excluding hydrogens is 459 g/mol. The number of carbonyl (C=O) groups is 1. The molecule has 0 bridgehead atoms. The number of pyridine rings is 1. The molecule has 2 aromatic rings. The number of aromatic nitrogens is 1. The van der Waals surface area contributed by atoms with Gasteiger partial charge >= 0.3 is 0 Å². The Bertz CT molecular complexity index is 933. The van der Waals surface area contributed by atoms with Crippen molar-refractivity contribution in [3.8, 4) is 10.6 Å². The van der Waals surface area contributed by atoms with Crippen LogP contribution in [0.5, 0.6) is 0 Å². The van der Waals surface area contributed by atoms with Crippen LogP contribution in [0.25, 0.3) is 10.6 Å².